The van der Waals surface area contributed by atoms with Gasteiger partial charge in [-0.15, -0.1) is 0 Å². The number of nitrogens with one attached hydrogen (secondary N) is 1. The van der Waals surface area contributed by atoms with Crippen LogP contribution in [0.25, 0.3) is 0 Å². The van der Waals surface area contributed by atoms with Gasteiger partial charge in [0.15, 0.2) is 11.5 Å². The SMILES string of the molecule is CCC1Nc2cc3c(cc2N(CCN(CC)CC)C1=O)OCO3. The summed E-state index contributed by atoms with van der Waals surface area (Å²) in [6.07, 6.45) is 0.758. The molecule has 23 heavy (non-hydrogen) atoms. The molecule has 3 rings (SSSR count). The number of rotatable bonds is 6. The van der Waals surface area contributed by atoms with Crippen molar-refractivity contribution in [1.82, 2.24) is 4.90 Å². The summed E-state index contributed by atoms with van der Waals surface area (Å²) in [4.78, 5) is 17.0. The minimum atomic E-state index is -0.181. The molecule has 0 radical (unpaired) electrons. The Hall–Kier alpha value is -1.95. The van der Waals surface area contributed by atoms with E-state index in [9.17, 15) is 4.79 Å². The molecule has 0 spiro atoms. The Labute approximate surface area is 137 Å². The van der Waals surface area contributed by atoms with Crippen molar-refractivity contribution in [3.8, 4) is 11.5 Å². The summed E-state index contributed by atoms with van der Waals surface area (Å²) in [6, 6.07) is 3.67. The molecule has 0 fully saturated rings. The molecular weight excluding hydrogens is 294 g/mol. The van der Waals surface area contributed by atoms with Crippen LogP contribution >= 0.6 is 0 Å². The zero-order chi connectivity index (χ0) is 16.4. The van der Waals surface area contributed by atoms with Crippen LogP contribution in [0.3, 0.4) is 0 Å². The van der Waals surface area contributed by atoms with E-state index in [1.54, 1.807) is 0 Å². The van der Waals surface area contributed by atoms with E-state index in [2.05, 4.69) is 24.1 Å². The van der Waals surface area contributed by atoms with E-state index < -0.39 is 0 Å². The first-order valence-corrected chi connectivity index (χ1v) is 8.41. The van der Waals surface area contributed by atoms with E-state index in [1.165, 1.54) is 0 Å². The maximum absolute atomic E-state index is 12.8. The largest absolute Gasteiger partial charge is 0.454 e. The first kappa shape index (κ1) is 15.9. The molecule has 1 amide bonds. The molecule has 0 bridgehead atoms. The third kappa shape index (κ3) is 2.95. The summed E-state index contributed by atoms with van der Waals surface area (Å²) in [6.45, 7) is 10.1. The molecule has 126 valence electrons. The maximum Gasteiger partial charge on any atom is 0.249 e. The molecule has 0 saturated heterocycles. The fourth-order valence-corrected chi connectivity index (χ4v) is 3.12. The van der Waals surface area contributed by atoms with E-state index in [0.717, 1.165) is 43.2 Å². The van der Waals surface area contributed by atoms with E-state index in [1.807, 2.05) is 24.0 Å². The first-order valence-electron chi connectivity index (χ1n) is 8.41. The standard InChI is InChI=1S/C17H25N3O3/c1-4-12-17(21)20(8-7-19(5-2)6-3)14-10-16-15(22-11-23-16)9-13(14)18-12/h9-10,12,18H,4-8,11H2,1-3H3. The Morgan fingerprint density at radius 1 is 1.22 bits per heavy atom. The molecule has 1 atom stereocenters. The van der Waals surface area contributed by atoms with Crippen molar-refractivity contribution in [2.24, 2.45) is 0 Å². The van der Waals surface area contributed by atoms with Crippen LogP contribution in [-0.4, -0.2) is 49.8 Å². The molecule has 1 aromatic carbocycles. The number of carbonyl (C=O) groups is 1. The van der Waals surface area contributed by atoms with Crippen LogP contribution in [0.2, 0.25) is 0 Å². The van der Waals surface area contributed by atoms with Gasteiger partial charge in [0.2, 0.25) is 12.7 Å². The number of benzene rings is 1. The molecule has 6 nitrogen and oxygen atoms in total. The van der Waals surface area contributed by atoms with Crippen molar-refractivity contribution >= 4 is 17.3 Å². The van der Waals surface area contributed by atoms with Crippen molar-refractivity contribution in [3.63, 3.8) is 0 Å². The Bertz CT molecular complexity index is 587. The summed E-state index contributed by atoms with van der Waals surface area (Å²) in [7, 11) is 0. The molecule has 2 aliphatic heterocycles. The van der Waals surface area contributed by atoms with Crippen LogP contribution in [0, 0.1) is 0 Å². The molecule has 0 aromatic heterocycles. The predicted octanol–water partition coefficient (Wildman–Crippen LogP) is 2.29. The molecule has 1 aromatic rings. The molecule has 2 heterocycles. The van der Waals surface area contributed by atoms with E-state index in [0.29, 0.717) is 12.3 Å². The monoisotopic (exact) mass is 319 g/mol. The van der Waals surface area contributed by atoms with Crippen LogP contribution < -0.4 is 19.7 Å². The summed E-state index contributed by atoms with van der Waals surface area (Å²) in [5, 5.41) is 3.33. The van der Waals surface area contributed by atoms with Crippen LogP contribution in [0.1, 0.15) is 27.2 Å². The number of likely N-dealkylation sites (N-methyl/N-ethyl adjacent to an activating group) is 1. The Morgan fingerprint density at radius 3 is 2.57 bits per heavy atom. The highest BCUT2D eigenvalue weighted by Gasteiger charge is 2.33. The van der Waals surface area contributed by atoms with Gasteiger partial charge < -0.3 is 24.6 Å². The number of hydrogen-bond donors (Lipinski definition) is 1. The van der Waals surface area contributed by atoms with Gasteiger partial charge in [-0.3, -0.25) is 4.79 Å². The van der Waals surface area contributed by atoms with Gasteiger partial charge in [0.25, 0.3) is 0 Å². The lowest BCUT2D eigenvalue weighted by atomic mass is 10.1. The van der Waals surface area contributed by atoms with E-state index in [-0.39, 0.29) is 18.7 Å². The average Bonchev–Trinajstić information content (AvgIpc) is 3.02. The van der Waals surface area contributed by atoms with Gasteiger partial charge in [-0.1, -0.05) is 20.8 Å². The Balaban J connectivity index is 1.89. The van der Waals surface area contributed by atoms with Crippen molar-refractivity contribution < 1.29 is 14.3 Å². The van der Waals surface area contributed by atoms with Gasteiger partial charge in [-0.25, -0.2) is 0 Å². The van der Waals surface area contributed by atoms with Gasteiger partial charge >= 0.3 is 0 Å². The number of fused-ring (bicyclic) bond motifs is 2. The highest BCUT2D eigenvalue weighted by Crippen LogP contribution is 2.43. The predicted molar refractivity (Wildman–Crippen MR) is 90.4 cm³/mol. The third-order valence-corrected chi connectivity index (χ3v) is 4.62. The number of anilines is 2. The van der Waals surface area contributed by atoms with Gasteiger partial charge in [0.05, 0.1) is 11.4 Å². The average molecular weight is 319 g/mol. The fourth-order valence-electron chi connectivity index (χ4n) is 3.12. The van der Waals surface area contributed by atoms with E-state index in [4.69, 9.17) is 9.47 Å². The number of carbonyl (C=O) groups excluding carboxylic acids is 1. The number of hydrogen-bond acceptors (Lipinski definition) is 5. The second-order valence-electron chi connectivity index (χ2n) is 5.84. The molecular formula is C17H25N3O3. The van der Waals surface area contributed by atoms with Gasteiger partial charge in [-0.05, 0) is 19.5 Å². The fraction of sp³-hybridized carbons (Fsp3) is 0.588. The van der Waals surface area contributed by atoms with Crippen molar-refractivity contribution in [1.29, 1.82) is 0 Å². The summed E-state index contributed by atoms with van der Waals surface area (Å²) >= 11 is 0. The lowest BCUT2D eigenvalue weighted by Gasteiger charge is -2.36. The number of ether oxygens (including phenoxy) is 2. The number of nitrogens with zero attached hydrogens (tertiary/aromatic N) is 2. The molecule has 0 aliphatic carbocycles. The minimum Gasteiger partial charge on any atom is -0.454 e. The van der Waals surface area contributed by atoms with Crippen molar-refractivity contribution in [2.75, 3.05) is 43.2 Å². The van der Waals surface area contributed by atoms with Crippen LogP contribution in [0.4, 0.5) is 11.4 Å². The molecule has 1 unspecified atom stereocenters. The normalized spacial score (nSPS) is 19.0. The maximum atomic E-state index is 12.8. The van der Waals surface area contributed by atoms with Crippen LogP contribution in [0.5, 0.6) is 11.5 Å². The van der Waals surface area contributed by atoms with Crippen LogP contribution in [0.15, 0.2) is 12.1 Å². The Morgan fingerprint density at radius 2 is 1.91 bits per heavy atom. The van der Waals surface area contributed by atoms with Crippen molar-refractivity contribution in [3.05, 3.63) is 12.1 Å². The first-order chi connectivity index (χ1) is 11.2. The molecule has 2 aliphatic rings. The second kappa shape index (κ2) is 6.66. The topological polar surface area (TPSA) is 54.0 Å². The number of amides is 1. The zero-order valence-electron chi connectivity index (χ0n) is 14.1. The molecule has 0 saturated carbocycles. The zero-order valence-corrected chi connectivity index (χ0v) is 14.1. The summed E-state index contributed by atoms with van der Waals surface area (Å²) in [5.74, 6) is 1.58. The van der Waals surface area contributed by atoms with Gasteiger partial charge in [-0.2, -0.15) is 0 Å². The summed E-state index contributed by atoms with van der Waals surface area (Å²) in [5.41, 5.74) is 1.83. The molecule has 6 heteroatoms. The van der Waals surface area contributed by atoms with Gasteiger partial charge in [0.1, 0.15) is 6.04 Å². The third-order valence-electron chi connectivity index (χ3n) is 4.62. The smallest absolute Gasteiger partial charge is 0.249 e. The second-order valence-corrected chi connectivity index (χ2v) is 5.84. The van der Waals surface area contributed by atoms with Gasteiger partial charge in [0, 0.05) is 25.2 Å². The molecule has 1 N–H and O–H groups in total. The van der Waals surface area contributed by atoms with E-state index >= 15 is 0 Å². The highest BCUT2D eigenvalue weighted by atomic mass is 16.7. The van der Waals surface area contributed by atoms with Crippen LogP contribution in [-0.2, 0) is 4.79 Å². The Kier molecular flexibility index (Phi) is 4.61. The lowest BCUT2D eigenvalue weighted by molar-refractivity contribution is -0.119. The lowest BCUT2D eigenvalue weighted by Crippen LogP contribution is -2.49. The summed E-state index contributed by atoms with van der Waals surface area (Å²) < 4.78 is 10.9. The van der Waals surface area contributed by atoms with Crippen molar-refractivity contribution in [2.45, 2.75) is 33.2 Å². The highest BCUT2D eigenvalue weighted by molar-refractivity contribution is 6.05. The minimum absolute atomic E-state index is 0.131. The quantitative estimate of drug-likeness (QED) is 0.872.